The molecule has 0 radical (unpaired) electrons. The number of carboxylic acids is 1. The summed E-state index contributed by atoms with van der Waals surface area (Å²) >= 11 is 6.12. The smallest absolute Gasteiger partial charge is 0.325 e. The molecule has 3 saturated carbocycles. The van der Waals surface area contributed by atoms with Gasteiger partial charge in [0.1, 0.15) is 11.6 Å². The summed E-state index contributed by atoms with van der Waals surface area (Å²) in [6.45, 7) is 6.42. The summed E-state index contributed by atoms with van der Waals surface area (Å²) < 4.78 is 0.862. The monoisotopic (exact) mass is 339 g/mol. The Kier molecular flexibility index (Phi) is 3.91. The van der Waals surface area contributed by atoms with Crippen molar-refractivity contribution < 1.29 is 9.90 Å². The van der Waals surface area contributed by atoms with Crippen molar-refractivity contribution in [1.29, 1.82) is 0 Å². The quantitative estimate of drug-likeness (QED) is 0.880. The van der Waals surface area contributed by atoms with Gasteiger partial charge in [-0.1, -0.05) is 32.4 Å². The third-order valence-corrected chi connectivity index (χ3v) is 6.33. The lowest BCUT2D eigenvalue weighted by atomic mass is 9.45. The number of anilines is 1. The van der Waals surface area contributed by atoms with Crippen LogP contribution in [-0.2, 0) is 11.3 Å². The molecule has 4 atom stereocenters. The predicted molar refractivity (Wildman–Crippen MR) is 87.7 cm³/mol. The van der Waals surface area contributed by atoms with Gasteiger partial charge in [0, 0.05) is 6.04 Å². The van der Waals surface area contributed by atoms with E-state index in [1.165, 1.54) is 12.6 Å². The maximum absolute atomic E-state index is 12.1. The van der Waals surface area contributed by atoms with Crippen LogP contribution in [0.2, 0.25) is 5.02 Å². The maximum atomic E-state index is 12.1. The molecule has 2 bridgehead atoms. The third-order valence-electron chi connectivity index (χ3n) is 5.96. The highest BCUT2D eigenvalue weighted by Gasteiger charge is 2.56. The summed E-state index contributed by atoms with van der Waals surface area (Å²) in [4.78, 5) is 22.8. The van der Waals surface area contributed by atoms with Crippen LogP contribution < -0.4 is 10.9 Å². The summed E-state index contributed by atoms with van der Waals surface area (Å²) in [6, 6.07) is 0.265. The Hall–Kier alpha value is -1.56. The Balaban J connectivity index is 1.78. The molecule has 0 amide bonds. The molecule has 2 N–H and O–H groups in total. The second-order valence-corrected chi connectivity index (χ2v) is 7.81. The van der Waals surface area contributed by atoms with Crippen LogP contribution in [0.1, 0.15) is 33.6 Å². The van der Waals surface area contributed by atoms with Crippen molar-refractivity contribution in [1.82, 2.24) is 9.78 Å². The topological polar surface area (TPSA) is 84.2 Å². The van der Waals surface area contributed by atoms with E-state index in [2.05, 4.69) is 31.2 Å². The van der Waals surface area contributed by atoms with Crippen LogP contribution in [0.15, 0.2) is 11.0 Å². The molecule has 23 heavy (non-hydrogen) atoms. The number of carbonyl (C=O) groups is 1. The van der Waals surface area contributed by atoms with E-state index in [0.29, 0.717) is 28.9 Å². The number of nitrogens with zero attached hydrogens (tertiary/aromatic N) is 2. The highest BCUT2D eigenvalue weighted by molar-refractivity contribution is 6.32. The highest BCUT2D eigenvalue weighted by atomic mass is 35.5. The SMILES string of the molecule is C[C@@H]1[C@H]2C[C@@H](C[C@H]1Nc1cnn(CC(=O)O)c(=O)c1Cl)C2(C)C. The molecule has 7 heteroatoms. The predicted octanol–water partition coefficient (Wildman–Crippen LogP) is 2.46. The minimum atomic E-state index is -1.13. The van der Waals surface area contributed by atoms with Gasteiger partial charge >= 0.3 is 5.97 Å². The number of aliphatic carboxylic acids is 1. The lowest BCUT2D eigenvalue weighted by Gasteiger charge is -2.62. The van der Waals surface area contributed by atoms with Gasteiger partial charge < -0.3 is 10.4 Å². The van der Waals surface area contributed by atoms with Gasteiger partial charge in [-0.15, -0.1) is 0 Å². The minimum Gasteiger partial charge on any atom is -0.480 e. The summed E-state index contributed by atoms with van der Waals surface area (Å²) in [5.74, 6) is 0.741. The molecule has 126 valence electrons. The molecule has 0 saturated heterocycles. The molecule has 0 unspecified atom stereocenters. The number of hydrogen-bond acceptors (Lipinski definition) is 4. The van der Waals surface area contributed by atoms with Gasteiger partial charge in [0.2, 0.25) is 0 Å². The summed E-state index contributed by atoms with van der Waals surface area (Å²) in [5.41, 5.74) is 0.312. The average Bonchev–Trinajstić information content (AvgIpc) is 2.47. The van der Waals surface area contributed by atoms with Gasteiger partial charge in [-0.3, -0.25) is 9.59 Å². The molecule has 3 aliphatic carbocycles. The van der Waals surface area contributed by atoms with Gasteiger partial charge in [-0.25, -0.2) is 4.68 Å². The first-order valence-corrected chi connectivity index (χ1v) is 8.33. The fourth-order valence-corrected chi connectivity index (χ4v) is 4.55. The average molecular weight is 340 g/mol. The van der Waals surface area contributed by atoms with Gasteiger partial charge in [-0.05, 0) is 36.0 Å². The van der Waals surface area contributed by atoms with Crippen LogP contribution in [0, 0.1) is 23.2 Å². The zero-order valence-corrected chi connectivity index (χ0v) is 14.3. The van der Waals surface area contributed by atoms with Gasteiger partial charge in [0.25, 0.3) is 5.56 Å². The number of nitrogens with one attached hydrogen (secondary N) is 1. The van der Waals surface area contributed by atoms with Crippen molar-refractivity contribution in [2.75, 3.05) is 5.32 Å². The molecular formula is C16H22ClN3O3. The molecule has 1 heterocycles. The molecule has 0 aliphatic heterocycles. The van der Waals surface area contributed by atoms with Crippen molar-refractivity contribution in [3.63, 3.8) is 0 Å². The largest absolute Gasteiger partial charge is 0.480 e. The maximum Gasteiger partial charge on any atom is 0.325 e. The van der Waals surface area contributed by atoms with Crippen LogP contribution in [0.4, 0.5) is 5.69 Å². The van der Waals surface area contributed by atoms with E-state index in [-0.39, 0.29) is 11.1 Å². The molecule has 1 aromatic heterocycles. The first-order chi connectivity index (χ1) is 10.7. The Morgan fingerprint density at radius 3 is 2.78 bits per heavy atom. The summed E-state index contributed by atoms with van der Waals surface area (Å²) in [5, 5.41) is 16.0. The number of fused-ring (bicyclic) bond motifs is 2. The Labute approximate surface area is 139 Å². The first kappa shape index (κ1) is 16.3. The Bertz CT molecular complexity index is 700. The van der Waals surface area contributed by atoms with Gasteiger partial charge in [-0.2, -0.15) is 5.10 Å². The van der Waals surface area contributed by atoms with Crippen LogP contribution >= 0.6 is 11.6 Å². The van der Waals surface area contributed by atoms with E-state index in [4.69, 9.17) is 16.7 Å². The standard InChI is InChI=1S/C16H22ClN3O3/c1-8-10-4-9(16(10,2)3)5-11(8)19-12-6-18-20(7-13(21)22)15(23)14(12)17/h6,8-11,19H,4-5,7H2,1-3H3,(H,21,22)/t8-,9+,10-,11-/m1/s1. The number of hydrogen-bond donors (Lipinski definition) is 2. The number of halogens is 1. The van der Waals surface area contributed by atoms with E-state index in [0.717, 1.165) is 11.1 Å². The van der Waals surface area contributed by atoms with E-state index in [1.807, 2.05) is 0 Å². The number of rotatable bonds is 4. The van der Waals surface area contributed by atoms with Crippen LogP contribution in [0.3, 0.4) is 0 Å². The van der Waals surface area contributed by atoms with Crippen molar-refractivity contribution in [3.05, 3.63) is 21.6 Å². The van der Waals surface area contributed by atoms with E-state index in [9.17, 15) is 9.59 Å². The van der Waals surface area contributed by atoms with E-state index >= 15 is 0 Å². The van der Waals surface area contributed by atoms with Gasteiger partial charge in [0.05, 0.1) is 11.9 Å². The molecule has 3 fully saturated rings. The Morgan fingerprint density at radius 2 is 2.22 bits per heavy atom. The summed E-state index contributed by atoms with van der Waals surface area (Å²) in [7, 11) is 0. The molecular weight excluding hydrogens is 318 g/mol. The van der Waals surface area contributed by atoms with Crippen molar-refractivity contribution >= 4 is 23.3 Å². The zero-order valence-electron chi connectivity index (χ0n) is 13.5. The third kappa shape index (κ3) is 2.63. The second-order valence-electron chi connectivity index (χ2n) is 7.43. The molecule has 4 rings (SSSR count). The van der Waals surface area contributed by atoms with Crippen molar-refractivity contribution in [3.8, 4) is 0 Å². The number of aromatic nitrogens is 2. The lowest BCUT2D eigenvalue weighted by Crippen LogP contribution is -2.58. The van der Waals surface area contributed by atoms with Crippen molar-refractivity contribution in [2.24, 2.45) is 23.2 Å². The van der Waals surface area contributed by atoms with E-state index < -0.39 is 18.1 Å². The zero-order chi connectivity index (χ0) is 16.9. The molecule has 3 aliphatic rings. The first-order valence-electron chi connectivity index (χ1n) is 7.95. The van der Waals surface area contributed by atoms with E-state index in [1.54, 1.807) is 0 Å². The number of carboxylic acid groups (broad SMARTS) is 1. The molecule has 6 nitrogen and oxygen atoms in total. The lowest BCUT2D eigenvalue weighted by molar-refractivity contribution is -0.138. The van der Waals surface area contributed by atoms with Crippen LogP contribution in [-0.4, -0.2) is 26.9 Å². The highest BCUT2D eigenvalue weighted by Crippen LogP contribution is 2.61. The second kappa shape index (κ2) is 5.51. The van der Waals surface area contributed by atoms with Crippen LogP contribution in [0.5, 0.6) is 0 Å². The molecule has 0 aromatic carbocycles. The fraction of sp³-hybridized carbons (Fsp3) is 0.688. The molecule has 0 spiro atoms. The normalized spacial score (nSPS) is 31.3. The van der Waals surface area contributed by atoms with Crippen LogP contribution in [0.25, 0.3) is 0 Å². The minimum absolute atomic E-state index is 0.00644. The van der Waals surface area contributed by atoms with Crippen molar-refractivity contribution in [2.45, 2.75) is 46.2 Å². The molecule has 1 aromatic rings. The van der Waals surface area contributed by atoms with Gasteiger partial charge in [0.15, 0.2) is 0 Å². The summed E-state index contributed by atoms with van der Waals surface area (Å²) in [6.07, 6.45) is 3.78. The Morgan fingerprint density at radius 1 is 1.52 bits per heavy atom. The fourth-order valence-electron chi connectivity index (χ4n) is 4.35.